The average molecular weight is 493 g/mol. The number of para-hydroxylation sites is 1. The number of nitrogens with one attached hydrogen (secondary N) is 1. The van der Waals surface area contributed by atoms with Gasteiger partial charge in [0.15, 0.2) is 0 Å². The predicted molar refractivity (Wildman–Crippen MR) is 124 cm³/mol. The third kappa shape index (κ3) is 5.56. The summed E-state index contributed by atoms with van der Waals surface area (Å²) >= 11 is 0. The number of ether oxygens (including phenoxy) is 3. The number of methoxy groups -OCH3 is 1. The van der Waals surface area contributed by atoms with Gasteiger partial charge in [0, 0.05) is 31.9 Å². The highest BCUT2D eigenvalue weighted by atomic mass is 19.4. The standard InChI is InChI=1S/C26H31F3N2O4/c1-18(22-8-3-4-9-23(22)33-2)30-24(32)25(11-14-34-15-12-25)31-13-10-21(17-31)35-20-7-5-6-19(16-20)26(27,28)29/h3-9,16,18,21H,10-15,17H2,1-2H3,(H,30,32)/t18-,21?/m0/s1. The van der Waals surface area contributed by atoms with E-state index in [1.54, 1.807) is 7.11 Å². The number of likely N-dealkylation sites (tertiary alicyclic amines) is 1. The van der Waals surface area contributed by atoms with Gasteiger partial charge < -0.3 is 19.5 Å². The van der Waals surface area contributed by atoms with E-state index >= 15 is 0 Å². The lowest BCUT2D eigenvalue weighted by atomic mass is 9.86. The van der Waals surface area contributed by atoms with Gasteiger partial charge in [-0.15, -0.1) is 0 Å². The molecule has 2 fully saturated rings. The van der Waals surface area contributed by atoms with Crippen LogP contribution in [-0.2, 0) is 15.7 Å². The van der Waals surface area contributed by atoms with E-state index in [4.69, 9.17) is 14.2 Å². The first kappa shape index (κ1) is 25.3. The van der Waals surface area contributed by atoms with Crippen LogP contribution in [-0.4, -0.2) is 55.9 Å². The van der Waals surface area contributed by atoms with Gasteiger partial charge in [-0.25, -0.2) is 0 Å². The molecular formula is C26H31F3N2O4. The molecule has 190 valence electrons. The second-order valence-corrected chi connectivity index (χ2v) is 9.08. The van der Waals surface area contributed by atoms with Gasteiger partial charge in [0.25, 0.3) is 0 Å². The second-order valence-electron chi connectivity index (χ2n) is 9.08. The van der Waals surface area contributed by atoms with Crippen molar-refractivity contribution in [1.82, 2.24) is 10.2 Å². The quantitative estimate of drug-likeness (QED) is 0.613. The molecule has 1 amide bonds. The summed E-state index contributed by atoms with van der Waals surface area (Å²) in [5, 5.41) is 3.16. The Morgan fingerprint density at radius 1 is 1.17 bits per heavy atom. The number of carbonyl (C=O) groups is 1. The smallest absolute Gasteiger partial charge is 0.416 e. The van der Waals surface area contributed by atoms with Gasteiger partial charge in [-0.3, -0.25) is 9.69 Å². The Kier molecular flexibility index (Phi) is 7.56. The van der Waals surface area contributed by atoms with Crippen LogP contribution in [0.25, 0.3) is 0 Å². The zero-order valence-corrected chi connectivity index (χ0v) is 19.9. The minimum atomic E-state index is -4.43. The molecule has 0 saturated carbocycles. The van der Waals surface area contributed by atoms with Gasteiger partial charge in [0.1, 0.15) is 23.1 Å². The Balaban J connectivity index is 1.47. The average Bonchev–Trinajstić information content (AvgIpc) is 3.33. The Hall–Kier alpha value is -2.78. The molecule has 1 unspecified atom stereocenters. The lowest BCUT2D eigenvalue weighted by Gasteiger charge is -2.43. The molecular weight excluding hydrogens is 461 g/mol. The van der Waals surface area contributed by atoms with Crippen LogP contribution in [0.1, 0.15) is 43.4 Å². The highest BCUT2D eigenvalue weighted by Gasteiger charge is 2.48. The summed E-state index contributed by atoms with van der Waals surface area (Å²) in [5.74, 6) is 0.804. The number of benzene rings is 2. The van der Waals surface area contributed by atoms with Crippen LogP contribution in [0.5, 0.6) is 11.5 Å². The van der Waals surface area contributed by atoms with Crippen molar-refractivity contribution < 1.29 is 32.2 Å². The largest absolute Gasteiger partial charge is 0.496 e. The van der Waals surface area contributed by atoms with Crippen LogP contribution in [0.3, 0.4) is 0 Å². The van der Waals surface area contributed by atoms with Crippen LogP contribution < -0.4 is 14.8 Å². The van der Waals surface area contributed by atoms with Crippen molar-refractivity contribution in [3.05, 3.63) is 59.7 Å². The van der Waals surface area contributed by atoms with Crippen LogP contribution in [0.2, 0.25) is 0 Å². The van der Waals surface area contributed by atoms with Crippen LogP contribution in [0, 0.1) is 0 Å². The highest BCUT2D eigenvalue weighted by Crippen LogP contribution is 2.35. The normalized spacial score (nSPS) is 21.3. The maximum absolute atomic E-state index is 13.7. The van der Waals surface area contributed by atoms with Crippen molar-refractivity contribution in [1.29, 1.82) is 0 Å². The molecule has 2 aliphatic heterocycles. The summed E-state index contributed by atoms with van der Waals surface area (Å²) in [6, 6.07) is 12.2. The number of halogens is 3. The third-order valence-electron chi connectivity index (χ3n) is 6.91. The van der Waals surface area contributed by atoms with Crippen molar-refractivity contribution in [3.8, 4) is 11.5 Å². The second kappa shape index (κ2) is 10.5. The van der Waals surface area contributed by atoms with Crippen LogP contribution in [0.15, 0.2) is 48.5 Å². The number of rotatable bonds is 7. The lowest BCUT2D eigenvalue weighted by molar-refractivity contribution is -0.141. The molecule has 0 radical (unpaired) electrons. The number of alkyl halides is 3. The third-order valence-corrected chi connectivity index (χ3v) is 6.91. The summed E-state index contributed by atoms with van der Waals surface area (Å²) in [5.41, 5.74) is -0.617. The van der Waals surface area contributed by atoms with E-state index in [9.17, 15) is 18.0 Å². The number of amides is 1. The molecule has 1 N–H and O–H groups in total. The molecule has 2 aromatic rings. The van der Waals surface area contributed by atoms with E-state index in [-0.39, 0.29) is 23.8 Å². The maximum Gasteiger partial charge on any atom is 0.416 e. The zero-order chi connectivity index (χ0) is 25.1. The molecule has 0 spiro atoms. The fourth-order valence-corrected chi connectivity index (χ4v) is 4.98. The molecule has 9 heteroatoms. The Bertz CT molecular complexity index is 1020. The first-order valence-electron chi connectivity index (χ1n) is 11.8. The maximum atomic E-state index is 13.7. The van der Waals surface area contributed by atoms with Crippen molar-refractivity contribution in [2.75, 3.05) is 33.4 Å². The van der Waals surface area contributed by atoms with E-state index in [1.165, 1.54) is 12.1 Å². The van der Waals surface area contributed by atoms with Crippen molar-refractivity contribution in [2.45, 2.75) is 50.0 Å². The summed E-state index contributed by atoms with van der Waals surface area (Å²) in [4.78, 5) is 15.8. The van der Waals surface area contributed by atoms with E-state index in [0.29, 0.717) is 51.3 Å². The highest BCUT2D eigenvalue weighted by molar-refractivity contribution is 5.87. The fraction of sp³-hybridized carbons (Fsp3) is 0.500. The lowest BCUT2D eigenvalue weighted by Crippen LogP contribution is -2.61. The SMILES string of the molecule is COc1ccccc1[C@H](C)NC(=O)C1(N2CCC(Oc3cccc(C(F)(F)F)c3)C2)CCOCC1. The van der Waals surface area contributed by atoms with Crippen LogP contribution >= 0.6 is 0 Å². The molecule has 0 aromatic heterocycles. The topological polar surface area (TPSA) is 60.0 Å². The van der Waals surface area contributed by atoms with Gasteiger partial charge in [-0.1, -0.05) is 24.3 Å². The predicted octanol–water partition coefficient (Wildman–Crippen LogP) is 4.59. The van der Waals surface area contributed by atoms with E-state index < -0.39 is 17.3 Å². The molecule has 2 aromatic carbocycles. The van der Waals surface area contributed by atoms with Gasteiger partial charge in [0.05, 0.1) is 18.7 Å². The fourth-order valence-electron chi connectivity index (χ4n) is 4.98. The Labute approximate surface area is 203 Å². The number of hydrogen-bond acceptors (Lipinski definition) is 5. The summed E-state index contributed by atoms with van der Waals surface area (Å²) in [6.07, 6.45) is -3.04. The molecule has 4 rings (SSSR count). The molecule has 0 aliphatic carbocycles. The molecule has 2 saturated heterocycles. The number of hydrogen-bond donors (Lipinski definition) is 1. The minimum absolute atomic E-state index is 0.0843. The molecule has 2 heterocycles. The van der Waals surface area contributed by atoms with Gasteiger partial charge in [0.2, 0.25) is 5.91 Å². The number of carbonyl (C=O) groups excluding carboxylic acids is 1. The summed E-state index contributed by atoms with van der Waals surface area (Å²) < 4.78 is 56.1. The van der Waals surface area contributed by atoms with E-state index in [2.05, 4.69) is 10.2 Å². The first-order chi connectivity index (χ1) is 16.7. The summed E-state index contributed by atoms with van der Waals surface area (Å²) in [7, 11) is 1.60. The molecule has 2 atom stereocenters. The van der Waals surface area contributed by atoms with Gasteiger partial charge >= 0.3 is 6.18 Å². The van der Waals surface area contributed by atoms with E-state index in [0.717, 1.165) is 17.7 Å². The number of nitrogens with zero attached hydrogens (tertiary/aromatic N) is 1. The van der Waals surface area contributed by atoms with Gasteiger partial charge in [-0.2, -0.15) is 13.2 Å². The van der Waals surface area contributed by atoms with Crippen molar-refractivity contribution in [3.63, 3.8) is 0 Å². The molecule has 35 heavy (non-hydrogen) atoms. The van der Waals surface area contributed by atoms with Gasteiger partial charge in [-0.05, 0) is 50.5 Å². The van der Waals surface area contributed by atoms with Crippen molar-refractivity contribution >= 4 is 5.91 Å². The monoisotopic (exact) mass is 492 g/mol. The van der Waals surface area contributed by atoms with E-state index in [1.807, 2.05) is 31.2 Å². The minimum Gasteiger partial charge on any atom is -0.496 e. The summed E-state index contributed by atoms with van der Waals surface area (Å²) in [6.45, 7) is 3.91. The van der Waals surface area contributed by atoms with Crippen molar-refractivity contribution in [2.24, 2.45) is 0 Å². The zero-order valence-electron chi connectivity index (χ0n) is 19.9. The Morgan fingerprint density at radius 3 is 2.63 bits per heavy atom. The first-order valence-corrected chi connectivity index (χ1v) is 11.8. The van der Waals surface area contributed by atoms with Crippen LogP contribution in [0.4, 0.5) is 13.2 Å². The Morgan fingerprint density at radius 2 is 1.91 bits per heavy atom. The molecule has 0 bridgehead atoms. The molecule has 6 nitrogen and oxygen atoms in total. The molecule has 2 aliphatic rings.